The first-order valence-electron chi connectivity index (χ1n) is 5.77. The highest BCUT2D eigenvalue weighted by molar-refractivity contribution is 7.89. The van der Waals surface area contributed by atoms with Crippen LogP contribution in [0.25, 0.3) is 11.0 Å². The number of rotatable bonds is 5. The van der Waals surface area contributed by atoms with Crippen molar-refractivity contribution in [1.82, 2.24) is 15.0 Å². The van der Waals surface area contributed by atoms with E-state index >= 15 is 0 Å². The number of hydrogen-bond acceptors (Lipinski definition) is 7. The molecule has 2 aromatic rings. The third-order valence-corrected chi connectivity index (χ3v) is 4.21. The molecule has 2 rings (SSSR count). The van der Waals surface area contributed by atoms with Crippen LogP contribution in [0.15, 0.2) is 27.7 Å². The van der Waals surface area contributed by atoms with Crippen molar-refractivity contribution in [3.8, 4) is 0 Å². The van der Waals surface area contributed by atoms with Gasteiger partial charge < -0.3 is 9.90 Å². The summed E-state index contributed by atoms with van der Waals surface area (Å²) in [5, 5.41) is 18.0. The monoisotopic (exact) mass is 298 g/mol. The number of nitrogens with zero attached hydrogens (tertiary/aromatic N) is 2. The highest BCUT2D eigenvalue weighted by atomic mass is 32.2. The number of aliphatic carboxylic acids is 1. The van der Waals surface area contributed by atoms with Crippen molar-refractivity contribution in [2.75, 3.05) is 0 Å². The van der Waals surface area contributed by atoms with Gasteiger partial charge in [0.05, 0.1) is 12.0 Å². The minimum atomic E-state index is -4.08. The van der Waals surface area contributed by atoms with Gasteiger partial charge in [-0.2, -0.15) is 0 Å². The van der Waals surface area contributed by atoms with E-state index in [1.165, 1.54) is 18.2 Å². The van der Waals surface area contributed by atoms with Crippen molar-refractivity contribution in [2.24, 2.45) is 5.92 Å². The molecule has 0 fully saturated rings. The van der Waals surface area contributed by atoms with Crippen molar-refractivity contribution in [1.29, 1.82) is 0 Å². The first kappa shape index (κ1) is 14.4. The molecule has 1 aromatic carbocycles. The van der Waals surface area contributed by atoms with E-state index < -0.39 is 28.0 Å². The van der Waals surface area contributed by atoms with Crippen LogP contribution in [0.4, 0.5) is 0 Å². The number of carbonyl (C=O) groups is 1. The van der Waals surface area contributed by atoms with E-state index in [0.717, 1.165) is 0 Å². The second-order valence-electron chi connectivity index (χ2n) is 4.55. The Bertz CT molecular complexity index is 737. The van der Waals surface area contributed by atoms with Gasteiger partial charge >= 0.3 is 0 Å². The Hall–Kier alpha value is -2.00. The van der Waals surface area contributed by atoms with Gasteiger partial charge in [0.25, 0.3) is 0 Å². The highest BCUT2D eigenvalue weighted by Crippen LogP contribution is 2.20. The zero-order chi connectivity index (χ0) is 14.9. The molecule has 0 saturated carbocycles. The molecule has 1 atom stereocenters. The third kappa shape index (κ3) is 2.63. The summed E-state index contributed by atoms with van der Waals surface area (Å²) in [4.78, 5) is 10.8. The van der Waals surface area contributed by atoms with Crippen molar-refractivity contribution in [3.05, 3.63) is 18.2 Å². The molecule has 0 radical (unpaired) electrons. The Morgan fingerprint density at radius 3 is 2.65 bits per heavy atom. The molecular weight excluding hydrogens is 286 g/mol. The summed E-state index contributed by atoms with van der Waals surface area (Å²) in [5.41, 5.74) is 0.309. The lowest BCUT2D eigenvalue weighted by molar-refractivity contribution is -0.309. The molecule has 9 heteroatoms. The standard InChI is InChI=1S/C11H13N3O5S/c1-6(2)9(11(15)16)14-20(17,18)8-5-3-4-7-10(8)13-19-12-7/h3-6,9,14H,1-2H3,(H,15,16)/p-1/t9-/m0/s1. The van der Waals surface area contributed by atoms with Crippen molar-refractivity contribution in [2.45, 2.75) is 24.8 Å². The van der Waals surface area contributed by atoms with Crippen molar-refractivity contribution in [3.63, 3.8) is 0 Å². The first-order valence-corrected chi connectivity index (χ1v) is 7.25. The summed E-state index contributed by atoms with van der Waals surface area (Å²) in [6, 6.07) is 2.95. The van der Waals surface area contributed by atoms with Gasteiger partial charge in [0.15, 0.2) is 5.52 Å². The number of carboxylic acids is 1. The van der Waals surface area contributed by atoms with E-state index in [0.29, 0.717) is 0 Å². The van der Waals surface area contributed by atoms with Gasteiger partial charge in [0.2, 0.25) is 10.0 Å². The van der Waals surface area contributed by atoms with Crippen LogP contribution >= 0.6 is 0 Å². The second-order valence-corrected chi connectivity index (χ2v) is 6.23. The third-order valence-electron chi connectivity index (χ3n) is 2.74. The molecule has 0 bridgehead atoms. The Balaban J connectivity index is 2.45. The number of sulfonamides is 1. The van der Waals surface area contributed by atoms with Crippen LogP contribution in [0.3, 0.4) is 0 Å². The van der Waals surface area contributed by atoms with E-state index in [1.54, 1.807) is 13.8 Å². The summed E-state index contributed by atoms with van der Waals surface area (Å²) in [6.07, 6.45) is 0. The Morgan fingerprint density at radius 2 is 2.05 bits per heavy atom. The topological polar surface area (TPSA) is 125 Å². The van der Waals surface area contributed by atoms with Gasteiger partial charge in [-0.1, -0.05) is 19.9 Å². The fourth-order valence-corrected chi connectivity index (χ4v) is 3.17. The van der Waals surface area contributed by atoms with E-state index in [9.17, 15) is 18.3 Å². The lowest BCUT2D eigenvalue weighted by Crippen LogP contribution is -2.50. The number of fused-ring (bicyclic) bond motifs is 1. The van der Waals surface area contributed by atoms with Crippen molar-refractivity contribution < 1.29 is 22.9 Å². The van der Waals surface area contributed by atoms with Gasteiger partial charge in [-0.3, -0.25) is 0 Å². The normalized spacial score (nSPS) is 13.8. The number of carboxylic acid groups (broad SMARTS) is 1. The fraction of sp³-hybridized carbons (Fsp3) is 0.364. The Morgan fingerprint density at radius 1 is 1.35 bits per heavy atom. The second kappa shape index (κ2) is 5.17. The van der Waals surface area contributed by atoms with E-state index in [-0.39, 0.29) is 15.9 Å². The molecule has 20 heavy (non-hydrogen) atoms. The van der Waals surface area contributed by atoms with Crippen LogP contribution < -0.4 is 9.83 Å². The van der Waals surface area contributed by atoms with Crippen LogP contribution in [0.2, 0.25) is 0 Å². The lowest BCUT2D eigenvalue weighted by atomic mass is 10.1. The molecule has 0 unspecified atom stereocenters. The molecule has 0 aliphatic heterocycles. The maximum absolute atomic E-state index is 12.3. The fourth-order valence-electron chi connectivity index (χ4n) is 1.69. The molecule has 1 N–H and O–H groups in total. The number of carbonyl (C=O) groups excluding carboxylic acids is 1. The maximum Gasteiger partial charge on any atom is 0.243 e. The predicted octanol–water partition coefficient (Wildman–Crippen LogP) is -0.724. The summed E-state index contributed by atoms with van der Waals surface area (Å²) < 4.78 is 31.1. The minimum absolute atomic E-state index is 0.0425. The molecule has 8 nitrogen and oxygen atoms in total. The zero-order valence-electron chi connectivity index (χ0n) is 10.7. The molecule has 0 spiro atoms. The number of benzene rings is 1. The van der Waals surface area contributed by atoms with Crippen LogP contribution in [0.1, 0.15) is 13.8 Å². The average Bonchev–Trinajstić information content (AvgIpc) is 2.83. The van der Waals surface area contributed by atoms with Gasteiger partial charge in [0, 0.05) is 0 Å². The average molecular weight is 298 g/mol. The van der Waals surface area contributed by atoms with Crippen molar-refractivity contribution >= 4 is 27.0 Å². The molecule has 0 aliphatic rings. The first-order chi connectivity index (χ1) is 9.33. The largest absolute Gasteiger partial charge is 0.548 e. The zero-order valence-corrected chi connectivity index (χ0v) is 11.5. The van der Waals surface area contributed by atoms with Gasteiger partial charge in [-0.05, 0) is 28.4 Å². The van der Waals surface area contributed by atoms with Gasteiger partial charge in [-0.15, -0.1) is 0 Å². The van der Waals surface area contributed by atoms with Crippen LogP contribution in [-0.2, 0) is 14.8 Å². The SMILES string of the molecule is CC(C)[C@H](NS(=O)(=O)c1cccc2nonc12)C(=O)[O-]. The smallest absolute Gasteiger partial charge is 0.243 e. The van der Waals surface area contributed by atoms with Crippen LogP contribution in [-0.4, -0.2) is 30.7 Å². The number of nitrogens with one attached hydrogen (secondary N) is 1. The van der Waals surface area contributed by atoms with E-state index in [1.807, 2.05) is 0 Å². The van der Waals surface area contributed by atoms with Gasteiger partial charge in [-0.25, -0.2) is 17.8 Å². The quantitative estimate of drug-likeness (QED) is 0.771. The number of hydrogen-bond donors (Lipinski definition) is 1. The molecule has 0 aliphatic carbocycles. The maximum atomic E-state index is 12.3. The Labute approximate surface area is 114 Å². The number of aromatic nitrogens is 2. The summed E-state index contributed by atoms with van der Waals surface area (Å²) >= 11 is 0. The summed E-state index contributed by atoms with van der Waals surface area (Å²) in [7, 11) is -4.08. The molecule has 1 heterocycles. The molecular formula is C11H12N3O5S-. The predicted molar refractivity (Wildman–Crippen MR) is 65.8 cm³/mol. The lowest BCUT2D eigenvalue weighted by Gasteiger charge is -2.22. The summed E-state index contributed by atoms with van der Waals surface area (Å²) in [6.45, 7) is 3.14. The molecule has 108 valence electrons. The highest BCUT2D eigenvalue weighted by Gasteiger charge is 2.26. The van der Waals surface area contributed by atoms with E-state index in [4.69, 9.17) is 0 Å². The molecule has 0 amide bonds. The summed E-state index contributed by atoms with van der Waals surface area (Å²) in [5.74, 6) is -1.96. The van der Waals surface area contributed by atoms with Crippen LogP contribution in [0, 0.1) is 5.92 Å². The van der Waals surface area contributed by atoms with Gasteiger partial charge in [0.1, 0.15) is 10.4 Å². The molecule has 0 saturated heterocycles. The van der Waals surface area contributed by atoms with E-state index in [2.05, 4.69) is 19.7 Å². The Kier molecular flexibility index (Phi) is 3.73. The van der Waals surface area contributed by atoms with Crippen LogP contribution in [0.5, 0.6) is 0 Å². The molecule has 1 aromatic heterocycles. The minimum Gasteiger partial charge on any atom is -0.548 e.